The summed E-state index contributed by atoms with van der Waals surface area (Å²) in [6.45, 7) is 1.90. The van der Waals surface area contributed by atoms with Crippen molar-refractivity contribution in [2.75, 3.05) is 10.6 Å². The number of hydrogen-bond acceptors (Lipinski definition) is 6. The Kier molecular flexibility index (Phi) is 4.64. The monoisotopic (exact) mass is 382 g/mol. The molecule has 2 aromatic heterocycles. The van der Waals surface area contributed by atoms with Crippen LogP contribution in [0.25, 0.3) is 0 Å². The molecule has 9 heteroatoms. The molecule has 0 radical (unpaired) electrons. The number of nitrogens with zero attached hydrogens (tertiary/aromatic N) is 3. The van der Waals surface area contributed by atoms with E-state index in [1.54, 1.807) is 18.2 Å². The summed E-state index contributed by atoms with van der Waals surface area (Å²) >= 11 is 0. The number of hydrogen-bond donors (Lipinski definition) is 3. The van der Waals surface area contributed by atoms with E-state index in [4.69, 9.17) is 0 Å². The van der Waals surface area contributed by atoms with Crippen molar-refractivity contribution < 1.29 is 9.31 Å². The van der Waals surface area contributed by atoms with E-state index in [0.29, 0.717) is 23.2 Å². The van der Waals surface area contributed by atoms with Gasteiger partial charge in [0.05, 0.1) is 4.92 Å². The Morgan fingerprint density at radius 2 is 2.00 bits per heavy atom. The van der Waals surface area contributed by atoms with Gasteiger partial charge in [0, 0.05) is 29.8 Å². The number of aromatic amines is 1. The fraction of sp³-hybridized carbons (Fsp3) is 0.263. The second-order valence-electron chi connectivity index (χ2n) is 6.87. The van der Waals surface area contributed by atoms with E-state index in [0.717, 1.165) is 24.1 Å². The normalized spacial score (nSPS) is 14.5. The topological polar surface area (TPSA) is 109 Å². The lowest BCUT2D eigenvalue weighted by Crippen LogP contribution is -2.09. The van der Waals surface area contributed by atoms with Gasteiger partial charge >= 0.3 is 5.69 Å². The van der Waals surface area contributed by atoms with Crippen molar-refractivity contribution in [3.05, 3.63) is 69.8 Å². The van der Waals surface area contributed by atoms with Crippen LogP contribution in [-0.4, -0.2) is 20.1 Å². The van der Waals surface area contributed by atoms with Gasteiger partial charge in [-0.05, 0) is 37.5 Å². The molecular weight excluding hydrogens is 363 g/mol. The first-order valence-corrected chi connectivity index (χ1v) is 8.98. The Morgan fingerprint density at radius 1 is 1.25 bits per heavy atom. The molecule has 8 nitrogen and oxygen atoms in total. The number of halogens is 1. The van der Waals surface area contributed by atoms with Crippen molar-refractivity contribution in [2.45, 2.75) is 31.7 Å². The molecule has 1 atom stereocenters. The van der Waals surface area contributed by atoms with Crippen LogP contribution in [0, 0.1) is 15.9 Å². The third kappa shape index (κ3) is 3.93. The average Bonchev–Trinajstić information content (AvgIpc) is 3.42. The first-order chi connectivity index (χ1) is 13.5. The molecule has 0 spiro atoms. The number of rotatable bonds is 7. The van der Waals surface area contributed by atoms with Crippen LogP contribution in [0.2, 0.25) is 0 Å². The first-order valence-electron chi connectivity index (χ1n) is 8.98. The van der Waals surface area contributed by atoms with Gasteiger partial charge in [-0.3, -0.25) is 15.2 Å². The van der Waals surface area contributed by atoms with E-state index in [9.17, 15) is 14.5 Å². The third-order valence-electron chi connectivity index (χ3n) is 4.69. The zero-order valence-corrected chi connectivity index (χ0v) is 15.1. The predicted octanol–water partition coefficient (Wildman–Crippen LogP) is 4.65. The van der Waals surface area contributed by atoms with Crippen LogP contribution in [0.4, 0.5) is 27.4 Å². The number of nitrogens with one attached hydrogen (secondary N) is 3. The van der Waals surface area contributed by atoms with Gasteiger partial charge in [0.15, 0.2) is 5.82 Å². The molecule has 0 amide bonds. The van der Waals surface area contributed by atoms with Gasteiger partial charge in [0.25, 0.3) is 0 Å². The number of benzene rings is 1. The number of pyridine rings is 1. The molecule has 3 aromatic rings. The highest BCUT2D eigenvalue weighted by molar-refractivity contribution is 5.70. The highest BCUT2D eigenvalue weighted by atomic mass is 19.1. The van der Waals surface area contributed by atoms with Crippen LogP contribution in [0.1, 0.15) is 43.0 Å². The molecule has 0 saturated heterocycles. The summed E-state index contributed by atoms with van der Waals surface area (Å²) in [7, 11) is 0. The minimum Gasteiger partial charge on any atom is -0.363 e. The Labute approximate surface area is 160 Å². The molecule has 1 aliphatic rings. The average molecular weight is 382 g/mol. The SMILES string of the molecule is C[C@H](Nc1cc(Nc2cc(C3CC3)[nH]n2)c([N+](=O)[O-])cn1)c1ccc(F)cc1. The van der Waals surface area contributed by atoms with Crippen LogP contribution < -0.4 is 10.6 Å². The number of H-pyrrole nitrogens is 1. The summed E-state index contributed by atoms with van der Waals surface area (Å²) in [4.78, 5) is 15.0. The second kappa shape index (κ2) is 7.26. The first kappa shape index (κ1) is 17.9. The van der Waals surface area contributed by atoms with Crippen LogP contribution in [0.5, 0.6) is 0 Å². The Morgan fingerprint density at radius 3 is 2.68 bits per heavy atom. The summed E-state index contributed by atoms with van der Waals surface area (Å²) in [5, 5.41) is 24.7. The van der Waals surface area contributed by atoms with Crippen molar-refractivity contribution in [1.29, 1.82) is 0 Å². The summed E-state index contributed by atoms with van der Waals surface area (Å²) < 4.78 is 13.1. The van der Waals surface area contributed by atoms with E-state index in [1.165, 1.54) is 18.3 Å². The maximum absolute atomic E-state index is 13.1. The maximum atomic E-state index is 13.1. The summed E-state index contributed by atoms with van der Waals surface area (Å²) in [5.41, 5.74) is 2.05. The zero-order valence-electron chi connectivity index (χ0n) is 15.1. The highest BCUT2D eigenvalue weighted by Gasteiger charge is 2.26. The Balaban J connectivity index is 1.55. The molecule has 0 bridgehead atoms. The van der Waals surface area contributed by atoms with Crippen molar-refractivity contribution in [2.24, 2.45) is 0 Å². The Hall–Kier alpha value is -3.49. The minimum atomic E-state index is -0.489. The lowest BCUT2D eigenvalue weighted by Gasteiger charge is -2.15. The maximum Gasteiger partial charge on any atom is 0.310 e. The van der Waals surface area contributed by atoms with Gasteiger partial charge in [0.1, 0.15) is 23.5 Å². The Bertz CT molecular complexity index is 1000. The fourth-order valence-corrected chi connectivity index (χ4v) is 2.97. The molecule has 3 N–H and O–H groups in total. The molecule has 1 fully saturated rings. The highest BCUT2D eigenvalue weighted by Crippen LogP contribution is 2.40. The van der Waals surface area contributed by atoms with Crippen LogP contribution in [-0.2, 0) is 0 Å². The molecular formula is C19H19FN6O2. The van der Waals surface area contributed by atoms with E-state index in [2.05, 4.69) is 25.8 Å². The fourth-order valence-electron chi connectivity index (χ4n) is 2.97. The minimum absolute atomic E-state index is 0.143. The molecule has 1 aromatic carbocycles. The van der Waals surface area contributed by atoms with Crippen LogP contribution in [0.15, 0.2) is 42.6 Å². The molecule has 0 aliphatic heterocycles. The lowest BCUT2D eigenvalue weighted by atomic mass is 10.1. The smallest absolute Gasteiger partial charge is 0.310 e. The van der Waals surface area contributed by atoms with E-state index >= 15 is 0 Å². The van der Waals surface area contributed by atoms with Gasteiger partial charge in [-0.15, -0.1) is 0 Å². The van der Waals surface area contributed by atoms with Gasteiger partial charge < -0.3 is 10.6 Å². The van der Waals surface area contributed by atoms with Crippen LogP contribution >= 0.6 is 0 Å². The predicted molar refractivity (Wildman–Crippen MR) is 103 cm³/mol. The van der Waals surface area contributed by atoms with Crippen LogP contribution in [0.3, 0.4) is 0 Å². The van der Waals surface area contributed by atoms with Gasteiger partial charge in [-0.1, -0.05) is 12.1 Å². The lowest BCUT2D eigenvalue weighted by molar-refractivity contribution is -0.384. The van der Waals surface area contributed by atoms with E-state index in [1.807, 2.05) is 13.0 Å². The van der Waals surface area contributed by atoms with Gasteiger partial charge in [-0.2, -0.15) is 5.10 Å². The largest absolute Gasteiger partial charge is 0.363 e. The molecule has 2 heterocycles. The quantitative estimate of drug-likeness (QED) is 0.405. The molecule has 144 valence electrons. The van der Waals surface area contributed by atoms with E-state index in [-0.39, 0.29) is 17.5 Å². The standard InChI is InChI=1S/C19H19FN6O2/c1-11(12-4-6-14(20)7-5-12)22-18-9-16(17(10-21-18)26(27)28)23-19-8-15(24-25-19)13-2-3-13/h4-11,13H,2-3H2,1H3,(H3,21,22,23,24,25)/t11-/m0/s1. The van der Waals surface area contributed by atoms with Crippen molar-refractivity contribution in [1.82, 2.24) is 15.2 Å². The second-order valence-corrected chi connectivity index (χ2v) is 6.87. The van der Waals surface area contributed by atoms with Crippen molar-refractivity contribution in [3.8, 4) is 0 Å². The molecule has 0 unspecified atom stereocenters. The molecule has 1 saturated carbocycles. The van der Waals surface area contributed by atoms with Gasteiger partial charge in [0.2, 0.25) is 0 Å². The molecule has 4 rings (SSSR count). The number of aromatic nitrogens is 3. The van der Waals surface area contributed by atoms with Crippen molar-refractivity contribution >= 4 is 23.0 Å². The van der Waals surface area contributed by atoms with E-state index < -0.39 is 4.92 Å². The third-order valence-corrected chi connectivity index (χ3v) is 4.69. The molecule has 28 heavy (non-hydrogen) atoms. The molecule has 1 aliphatic carbocycles. The van der Waals surface area contributed by atoms with Gasteiger partial charge in [-0.25, -0.2) is 9.37 Å². The summed E-state index contributed by atoms with van der Waals surface area (Å²) in [5.74, 6) is 1.18. The zero-order chi connectivity index (χ0) is 19.7. The summed E-state index contributed by atoms with van der Waals surface area (Å²) in [6, 6.07) is 9.42. The number of anilines is 3. The summed E-state index contributed by atoms with van der Waals surface area (Å²) in [6.07, 6.45) is 3.47. The van der Waals surface area contributed by atoms with Crippen molar-refractivity contribution in [3.63, 3.8) is 0 Å². The number of nitro groups is 1.